The molecule has 4 nitrogen and oxygen atoms in total. The highest BCUT2D eigenvalue weighted by Crippen LogP contribution is 2.28. The predicted octanol–water partition coefficient (Wildman–Crippen LogP) is 3.35. The van der Waals surface area contributed by atoms with E-state index in [4.69, 9.17) is 14.2 Å². The zero-order chi connectivity index (χ0) is 14.6. The van der Waals surface area contributed by atoms with Crippen LogP contribution in [0.3, 0.4) is 0 Å². The van der Waals surface area contributed by atoms with E-state index in [0.717, 1.165) is 24.5 Å². The van der Waals surface area contributed by atoms with E-state index >= 15 is 0 Å². The highest BCUT2D eigenvalue weighted by molar-refractivity contribution is 5.58. The fourth-order valence-corrected chi connectivity index (χ4v) is 2.08. The van der Waals surface area contributed by atoms with Gasteiger partial charge in [0, 0.05) is 0 Å². The van der Waals surface area contributed by atoms with Gasteiger partial charge in [-0.15, -0.1) is 0 Å². The van der Waals surface area contributed by atoms with Crippen molar-refractivity contribution in [2.45, 2.75) is 45.9 Å². The van der Waals surface area contributed by atoms with Crippen LogP contribution in [0.5, 0.6) is 5.75 Å². The van der Waals surface area contributed by atoms with Crippen LogP contribution in [-0.4, -0.2) is 31.6 Å². The van der Waals surface area contributed by atoms with Gasteiger partial charge in [0.15, 0.2) is 5.79 Å². The predicted molar refractivity (Wildman–Crippen MR) is 80.4 cm³/mol. The van der Waals surface area contributed by atoms with Crippen molar-refractivity contribution in [3.63, 3.8) is 0 Å². The van der Waals surface area contributed by atoms with E-state index in [9.17, 15) is 0 Å². The Kier molecular flexibility index (Phi) is 4.89. The van der Waals surface area contributed by atoms with Gasteiger partial charge in [-0.25, -0.2) is 0 Å². The monoisotopic (exact) mass is 279 g/mol. The maximum absolute atomic E-state index is 5.81. The van der Waals surface area contributed by atoms with Crippen molar-refractivity contribution in [1.29, 1.82) is 0 Å². The standard InChI is InChI=1S/C16H25NO3/c1-5-8-18-15-9-12(2)6-7-14(15)17-13-10-19-16(3,4)20-11-13/h6-7,9,13,17H,5,8,10-11H2,1-4H3. The first-order valence-electron chi connectivity index (χ1n) is 7.28. The van der Waals surface area contributed by atoms with E-state index in [1.165, 1.54) is 5.56 Å². The zero-order valence-electron chi connectivity index (χ0n) is 12.9. The molecule has 2 rings (SSSR count). The average molecular weight is 279 g/mol. The van der Waals surface area contributed by atoms with E-state index in [0.29, 0.717) is 13.2 Å². The Bertz CT molecular complexity index is 435. The van der Waals surface area contributed by atoms with Crippen molar-refractivity contribution in [2.24, 2.45) is 0 Å². The lowest BCUT2D eigenvalue weighted by Crippen LogP contribution is -2.45. The van der Waals surface area contributed by atoms with E-state index in [2.05, 4.69) is 37.4 Å². The molecule has 0 bridgehead atoms. The van der Waals surface area contributed by atoms with Crippen molar-refractivity contribution in [2.75, 3.05) is 25.1 Å². The maximum Gasteiger partial charge on any atom is 0.162 e. The molecule has 1 aliphatic rings. The molecule has 0 aromatic heterocycles. The van der Waals surface area contributed by atoms with Gasteiger partial charge < -0.3 is 19.5 Å². The van der Waals surface area contributed by atoms with Crippen molar-refractivity contribution < 1.29 is 14.2 Å². The van der Waals surface area contributed by atoms with Crippen LogP contribution in [0.2, 0.25) is 0 Å². The number of ether oxygens (including phenoxy) is 3. The Hall–Kier alpha value is -1.26. The highest BCUT2D eigenvalue weighted by Gasteiger charge is 2.28. The van der Waals surface area contributed by atoms with Gasteiger partial charge in [-0.2, -0.15) is 0 Å². The molecule has 0 spiro atoms. The smallest absolute Gasteiger partial charge is 0.162 e. The lowest BCUT2D eigenvalue weighted by molar-refractivity contribution is -0.247. The zero-order valence-corrected chi connectivity index (χ0v) is 12.9. The third kappa shape index (κ3) is 4.12. The second-order valence-electron chi connectivity index (χ2n) is 5.71. The Balaban J connectivity index is 2.01. The molecule has 0 unspecified atom stereocenters. The molecule has 1 aromatic rings. The van der Waals surface area contributed by atoms with Gasteiger partial charge in [0.2, 0.25) is 0 Å². The summed E-state index contributed by atoms with van der Waals surface area (Å²) in [6.07, 6.45) is 0.997. The second kappa shape index (κ2) is 6.46. The van der Waals surface area contributed by atoms with Crippen molar-refractivity contribution in [1.82, 2.24) is 0 Å². The van der Waals surface area contributed by atoms with Crippen LogP contribution in [0.1, 0.15) is 32.8 Å². The minimum absolute atomic E-state index is 0.148. The lowest BCUT2D eigenvalue weighted by atomic mass is 10.2. The number of hydrogen-bond donors (Lipinski definition) is 1. The van der Waals surface area contributed by atoms with Gasteiger partial charge in [-0.3, -0.25) is 0 Å². The summed E-state index contributed by atoms with van der Waals surface area (Å²) in [5.41, 5.74) is 2.19. The van der Waals surface area contributed by atoms with Crippen LogP contribution in [0.25, 0.3) is 0 Å². The topological polar surface area (TPSA) is 39.7 Å². The van der Waals surface area contributed by atoms with Crippen LogP contribution in [0.4, 0.5) is 5.69 Å². The van der Waals surface area contributed by atoms with Crippen LogP contribution < -0.4 is 10.1 Å². The van der Waals surface area contributed by atoms with Crippen LogP contribution in [0.15, 0.2) is 18.2 Å². The van der Waals surface area contributed by atoms with Crippen molar-refractivity contribution in [3.05, 3.63) is 23.8 Å². The summed E-state index contributed by atoms with van der Waals surface area (Å²) in [6, 6.07) is 6.34. The van der Waals surface area contributed by atoms with Gasteiger partial charge in [0.05, 0.1) is 31.5 Å². The van der Waals surface area contributed by atoms with E-state index in [-0.39, 0.29) is 6.04 Å². The summed E-state index contributed by atoms with van der Waals surface area (Å²) in [5.74, 6) is 0.421. The third-order valence-electron chi connectivity index (χ3n) is 3.22. The normalized spacial score (nSPS) is 18.8. The fraction of sp³-hybridized carbons (Fsp3) is 0.625. The third-order valence-corrected chi connectivity index (χ3v) is 3.22. The minimum atomic E-state index is -0.479. The number of benzene rings is 1. The lowest BCUT2D eigenvalue weighted by Gasteiger charge is -2.35. The SMILES string of the molecule is CCCOc1cc(C)ccc1NC1COC(C)(C)OC1. The van der Waals surface area contributed by atoms with Gasteiger partial charge in [-0.1, -0.05) is 13.0 Å². The maximum atomic E-state index is 5.81. The molecule has 0 amide bonds. The van der Waals surface area contributed by atoms with Gasteiger partial charge >= 0.3 is 0 Å². The first kappa shape index (κ1) is 15.1. The Labute approximate surface area is 121 Å². The molecule has 0 radical (unpaired) electrons. The summed E-state index contributed by atoms with van der Waals surface area (Å²) >= 11 is 0. The molecule has 1 N–H and O–H groups in total. The molecule has 4 heteroatoms. The second-order valence-corrected chi connectivity index (χ2v) is 5.71. The number of nitrogens with one attached hydrogen (secondary N) is 1. The average Bonchev–Trinajstić information content (AvgIpc) is 2.41. The Morgan fingerprint density at radius 2 is 2.00 bits per heavy atom. The number of anilines is 1. The summed E-state index contributed by atoms with van der Waals surface area (Å²) < 4.78 is 17.1. The highest BCUT2D eigenvalue weighted by atomic mass is 16.7. The number of hydrogen-bond acceptors (Lipinski definition) is 4. The molecular formula is C16H25NO3. The molecule has 1 heterocycles. The van der Waals surface area contributed by atoms with Gasteiger partial charge in [0.25, 0.3) is 0 Å². The van der Waals surface area contributed by atoms with Gasteiger partial charge in [0.1, 0.15) is 5.75 Å². The molecule has 112 valence electrons. The van der Waals surface area contributed by atoms with E-state index < -0.39 is 5.79 Å². The molecular weight excluding hydrogens is 254 g/mol. The molecule has 0 atom stereocenters. The molecule has 0 aliphatic carbocycles. The molecule has 1 aromatic carbocycles. The first-order valence-corrected chi connectivity index (χ1v) is 7.28. The summed E-state index contributed by atoms with van der Waals surface area (Å²) in [5, 5.41) is 3.45. The van der Waals surface area contributed by atoms with E-state index in [1.54, 1.807) is 0 Å². The molecule has 20 heavy (non-hydrogen) atoms. The largest absolute Gasteiger partial charge is 0.491 e. The van der Waals surface area contributed by atoms with Crippen molar-refractivity contribution >= 4 is 5.69 Å². The summed E-state index contributed by atoms with van der Waals surface area (Å²) in [4.78, 5) is 0. The fourth-order valence-electron chi connectivity index (χ4n) is 2.08. The molecule has 1 aliphatic heterocycles. The number of aryl methyl sites for hydroxylation is 1. The molecule has 1 saturated heterocycles. The first-order chi connectivity index (χ1) is 9.50. The Morgan fingerprint density at radius 1 is 1.30 bits per heavy atom. The number of rotatable bonds is 5. The quantitative estimate of drug-likeness (QED) is 0.897. The molecule has 0 saturated carbocycles. The van der Waals surface area contributed by atoms with Gasteiger partial charge in [-0.05, 0) is 44.9 Å². The van der Waals surface area contributed by atoms with Crippen LogP contribution >= 0.6 is 0 Å². The molecule has 1 fully saturated rings. The van der Waals surface area contributed by atoms with Crippen LogP contribution in [-0.2, 0) is 9.47 Å². The summed E-state index contributed by atoms with van der Waals surface area (Å²) in [7, 11) is 0. The minimum Gasteiger partial charge on any atom is -0.491 e. The van der Waals surface area contributed by atoms with Crippen LogP contribution in [0, 0.1) is 6.92 Å². The summed E-state index contributed by atoms with van der Waals surface area (Å²) in [6.45, 7) is 10.0. The van der Waals surface area contributed by atoms with Crippen molar-refractivity contribution in [3.8, 4) is 5.75 Å². The van der Waals surface area contributed by atoms with E-state index in [1.807, 2.05) is 13.8 Å². The Morgan fingerprint density at radius 3 is 2.65 bits per heavy atom.